The molecule has 0 saturated heterocycles. The molecule has 0 bridgehead atoms. The van der Waals surface area contributed by atoms with Gasteiger partial charge in [-0.15, -0.1) is 22.0 Å². The summed E-state index contributed by atoms with van der Waals surface area (Å²) in [5.41, 5.74) is 8.33. The van der Waals surface area contributed by atoms with Crippen LogP contribution in [0.3, 0.4) is 0 Å². The first-order valence-electron chi connectivity index (χ1n) is 5.52. The minimum absolute atomic E-state index is 0.698. The molecular weight excluding hydrogens is 244 g/mol. The molecule has 4 nitrogen and oxygen atoms in total. The van der Waals surface area contributed by atoms with Gasteiger partial charge in [-0.1, -0.05) is 12.1 Å². The average Bonchev–Trinajstić information content (AvgIpc) is 2.82. The number of nitrogens with zero attached hydrogens (tertiary/aromatic N) is 3. The van der Waals surface area contributed by atoms with Crippen molar-refractivity contribution in [1.29, 1.82) is 0 Å². The summed E-state index contributed by atoms with van der Waals surface area (Å²) < 4.78 is 1.91. The van der Waals surface area contributed by atoms with Gasteiger partial charge in [0.2, 0.25) is 0 Å². The van der Waals surface area contributed by atoms with Gasteiger partial charge in [-0.05, 0) is 30.5 Å². The van der Waals surface area contributed by atoms with Crippen molar-refractivity contribution in [1.82, 2.24) is 14.6 Å². The summed E-state index contributed by atoms with van der Waals surface area (Å²) in [4.78, 5) is 1.23. The zero-order valence-corrected chi connectivity index (χ0v) is 10.7. The van der Waals surface area contributed by atoms with E-state index in [4.69, 9.17) is 5.73 Å². The van der Waals surface area contributed by atoms with Crippen LogP contribution in [0.4, 0.5) is 5.69 Å². The van der Waals surface area contributed by atoms with Crippen LogP contribution in [0.15, 0.2) is 47.5 Å². The number of pyridine rings is 1. The van der Waals surface area contributed by atoms with Gasteiger partial charge in [0.1, 0.15) is 0 Å². The van der Waals surface area contributed by atoms with E-state index in [1.165, 1.54) is 4.90 Å². The predicted molar refractivity (Wildman–Crippen MR) is 74.6 cm³/mol. The average molecular weight is 256 g/mol. The van der Waals surface area contributed by atoms with Crippen LogP contribution in [0.1, 0.15) is 0 Å². The number of hydrogen-bond acceptors (Lipinski definition) is 4. The molecule has 90 valence electrons. The van der Waals surface area contributed by atoms with Gasteiger partial charge in [0.05, 0.1) is 0 Å². The molecule has 0 amide bonds. The van der Waals surface area contributed by atoms with Gasteiger partial charge in [-0.3, -0.25) is 4.40 Å². The second-order valence-electron chi connectivity index (χ2n) is 3.94. The molecule has 5 heteroatoms. The van der Waals surface area contributed by atoms with Crippen molar-refractivity contribution in [3.8, 4) is 11.4 Å². The maximum absolute atomic E-state index is 5.80. The van der Waals surface area contributed by atoms with Crippen molar-refractivity contribution in [2.45, 2.75) is 4.90 Å². The molecule has 0 fully saturated rings. The van der Waals surface area contributed by atoms with Gasteiger partial charge in [0, 0.05) is 22.3 Å². The van der Waals surface area contributed by atoms with E-state index in [1.807, 2.05) is 34.9 Å². The lowest BCUT2D eigenvalue weighted by atomic mass is 10.2. The second kappa shape index (κ2) is 4.34. The van der Waals surface area contributed by atoms with Crippen molar-refractivity contribution < 1.29 is 0 Å². The number of fused-ring (bicyclic) bond motifs is 1. The number of rotatable bonds is 2. The minimum Gasteiger partial charge on any atom is -0.398 e. The Morgan fingerprint density at radius 1 is 1.06 bits per heavy atom. The molecule has 0 aliphatic rings. The number of benzene rings is 1. The van der Waals surface area contributed by atoms with Crippen molar-refractivity contribution >= 4 is 23.1 Å². The van der Waals surface area contributed by atoms with Crippen LogP contribution in [-0.4, -0.2) is 20.9 Å². The van der Waals surface area contributed by atoms with Crippen molar-refractivity contribution in [3.63, 3.8) is 0 Å². The monoisotopic (exact) mass is 256 g/mol. The van der Waals surface area contributed by atoms with Gasteiger partial charge in [-0.25, -0.2) is 0 Å². The topological polar surface area (TPSA) is 56.2 Å². The zero-order valence-electron chi connectivity index (χ0n) is 9.87. The van der Waals surface area contributed by atoms with Crippen molar-refractivity contribution in [3.05, 3.63) is 42.6 Å². The fourth-order valence-corrected chi connectivity index (χ4v) is 2.25. The number of hydrogen-bond donors (Lipinski definition) is 1. The van der Waals surface area contributed by atoms with E-state index in [2.05, 4.69) is 28.6 Å². The first kappa shape index (κ1) is 11.1. The molecule has 2 heterocycles. The van der Waals surface area contributed by atoms with Gasteiger partial charge in [0.25, 0.3) is 0 Å². The highest BCUT2D eigenvalue weighted by Gasteiger charge is 2.07. The Hall–Kier alpha value is -2.01. The fraction of sp³-hybridized carbons (Fsp3) is 0.0769. The molecule has 1 aromatic carbocycles. The third kappa shape index (κ3) is 1.82. The van der Waals surface area contributed by atoms with Crippen molar-refractivity contribution in [2.75, 3.05) is 12.0 Å². The van der Waals surface area contributed by atoms with Crippen LogP contribution in [0.5, 0.6) is 0 Å². The molecule has 0 spiro atoms. The largest absolute Gasteiger partial charge is 0.398 e. The molecule has 0 unspecified atom stereocenters. The van der Waals surface area contributed by atoms with Crippen molar-refractivity contribution in [2.24, 2.45) is 0 Å². The molecule has 3 aromatic rings. The number of nitrogen functional groups attached to an aromatic ring is 1. The number of anilines is 1. The van der Waals surface area contributed by atoms with Crippen LogP contribution < -0.4 is 5.73 Å². The Morgan fingerprint density at radius 2 is 1.83 bits per heavy atom. The Kier molecular flexibility index (Phi) is 2.68. The van der Waals surface area contributed by atoms with E-state index in [1.54, 1.807) is 11.8 Å². The molecule has 0 aliphatic carbocycles. The van der Waals surface area contributed by atoms with Gasteiger partial charge in [-0.2, -0.15) is 0 Å². The molecule has 0 saturated carbocycles. The first-order chi connectivity index (χ1) is 8.78. The van der Waals surface area contributed by atoms with Crippen LogP contribution in [0.2, 0.25) is 0 Å². The predicted octanol–water partition coefficient (Wildman–Crippen LogP) is 2.70. The Bertz CT molecular complexity index is 688. The minimum atomic E-state index is 0.698. The molecule has 18 heavy (non-hydrogen) atoms. The lowest BCUT2D eigenvalue weighted by Gasteiger charge is -2.02. The highest BCUT2D eigenvalue weighted by molar-refractivity contribution is 7.98. The molecule has 2 N–H and O–H groups in total. The van der Waals surface area contributed by atoms with E-state index in [0.29, 0.717) is 5.69 Å². The van der Waals surface area contributed by atoms with Crippen LogP contribution >= 0.6 is 11.8 Å². The van der Waals surface area contributed by atoms with Crippen LogP contribution in [0.25, 0.3) is 17.0 Å². The SMILES string of the molecule is CSc1ccc(-c2nnc3ccc(N)cn23)cc1. The number of nitrogens with two attached hydrogens (primary N) is 1. The van der Waals surface area contributed by atoms with Crippen LogP contribution in [-0.2, 0) is 0 Å². The number of aromatic nitrogens is 3. The summed E-state index contributed by atoms with van der Waals surface area (Å²) in [5, 5.41) is 8.34. The lowest BCUT2D eigenvalue weighted by molar-refractivity contribution is 1.11. The lowest BCUT2D eigenvalue weighted by Crippen LogP contribution is -1.92. The maximum atomic E-state index is 5.80. The van der Waals surface area contributed by atoms with E-state index >= 15 is 0 Å². The second-order valence-corrected chi connectivity index (χ2v) is 4.82. The summed E-state index contributed by atoms with van der Waals surface area (Å²) in [6, 6.07) is 11.9. The van der Waals surface area contributed by atoms with E-state index in [0.717, 1.165) is 17.0 Å². The normalized spacial score (nSPS) is 10.9. The summed E-state index contributed by atoms with van der Waals surface area (Å²) in [6.45, 7) is 0. The Morgan fingerprint density at radius 3 is 2.56 bits per heavy atom. The third-order valence-electron chi connectivity index (χ3n) is 2.77. The number of thioether (sulfide) groups is 1. The molecule has 3 rings (SSSR count). The summed E-state index contributed by atoms with van der Waals surface area (Å²) in [6.07, 6.45) is 3.90. The standard InChI is InChI=1S/C13H12N4S/c1-18-11-5-2-9(3-6-11)13-16-15-12-7-4-10(14)8-17(12)13/h2-8H,14H2,1H3. The molecular formula is C13H12N4S. The van der Waals surface area contributed by atoms with E-state index < -0.39 is 0 Å². The van der Waals surface area contributed by atoms with Gasteiger partial charge < -0.3 is 5.73 Å². The summed E-state index contributed by atoms with van der Waals surface area (Å²) in [5.74, 6) is 0.810. The van der Waals surface area contributed by atoms with E-state index in [-0.39, 0.29) is 0 Å². The Balaban J connectivity index is 2.15. The summed E-state index contributed by atoms with van der Waals surface area (Å²) >= 11 is 1.72. The molecule has 0 aliphatic heterocycles. The molecule has 0 atom stereocenters. The maximum Gasteiger partial charge on any atom is 0.168 e. The fourth-order valence-electron chi connectivity index (χ4n) is 1.84. The quantitative estimate of drug-likeness (QED) is 0.716. The Labute approximate surface area is 109 Å². The third-order valence-corrected chi connectivity index (χ3v) is 3.52. The highest BCUT2D eigenvalue weighted by atomic mass is 32.2. The smallest absolute Gasteiger partial charge is 0.168 e. The molecule has 2 aromatic heterocycles. The molecule has 0 radical (unpaired) electrons. The van der Waals surface area contributed by atoms with Gasteiger partial charge in [0.15, 0.2) is 11.5 Å². The van der Waals surface area contributed by atoms with Crippen LogP contribution in [0, 0.1) is 0 Å². The summed E-state index contributed by atoms with van der Waals surface area (Å²) in [7, 11) is 0. The highest BCUT2D eigenvalue weighted by Crippen LogP contribution is 2.22. The zero-order chi connectivity index (χ0) is 12.5. The van der Waals surface area contributed by atoms with Gasteiger partial charge >= 0.3 is 0 Å². The van der Waals surface area contributed by atoms with E-state index in [9.17, 15) is 0 Å². The first-order valence-corrected chi connectivity index (χ1v) is 6.75.